The Morgan fingerprint density at radius 2 is 2.27 bits per heavy atom. The van der Waals surface area contributed by atoms with Crippen molar-refractivity contribution in [2.45, 2.75) is 19.8 Å². The molecule has 0 saturated carbocycles. The molecule has 1 rings (SSSR count). The maximum Gasteiger partial charge on any atom is 0.224 e. The van der Waals surface area contributed by atoms with Gasteiger partial charge in [0.1, 0.15) is 11.6 Å². The van der Waals surface area contributed by atoms with Gasteiger partial charge in [-0.2, -0.15) is 0 Å². The summed E-state index contributed by atoms with van der Waals surface area (Å²) in [6, 6.07) is 4.23. The van der Waals surface area contributed by atoms with Crippen molar-refractivity contribution in [3.63, 3.8) is 0 Å². The highest BCUT2D eigenvalue weighted by atomic mass is 19.1. The Morgan fingerprint density at radius 3 is 2.87 bits per heavy atom. The molecular weight excluding hydrogens is 197 g/mol. The molecule has 1 aromatic rings. The van der Waals surface area contributed by atoms with Gasteiger partial charge in [-0.25, -0.2) is 4.39 Å². The third-order valence-electron chi connectivity index (χ3n) is 1.92. The summed E-state index contributed by atoms with van der Waals surface area (Å²) in [5.74, 6) is -0.131. The van der Waals surface area contributed by atoms with Gasteiger partial charge in [0.25, 0.3) is 0 Å². The first-order valence-electron chi connectivity index (χ1n) is 4.80. The summed E-state index contributed by atoms with van der Waals surface area (Å²) < 4.78 is 18.2. The van der Waals surface area contributed by atoms with Crippen LogP contribution < -0.4 is 10.1 Å². The lowest BCUT2D eigenvalue weighted by Gasteiger charge is -2.07. The number of carbonyl (C=O) groups excluding carboxylic acids is 1. The van der Waals surface area contributed by atoms with Crippen LogP contribution in [0.2, 0.25) is 0 Å². The van der Waals surface area contributed by atoms with E-state index in [4.69, 9.17) is 4.74 Å². The number of nitrogens with one attached hydrogen (secondary N) is 1. The van der Waals surface area contributed by atoms with Crippen molar-refractivity contribution >= 4 is 11.6 Å². The number of anilines is 1. The monoisotopic (exact) mass is 211 g/mol. The van der Waals surface area contributed by atoms with Crippen molar-refractivity contribution in [2.24, 2.45) is 0 Å². The molecule has 0 fully saturated rings. The zero-order valence-corrected chi connectivity index (χ0v) is 8.84. The van der Waals surface area contributed by atoms with Crippen LogP contribution in [0, 0.1) is 5.82 Å². The molecule has 1 amide bonds. The van der Waals surface area contributed by atoms with Crippen LogP contribution in [-0.2, 0) is 4.79 Å². The topological polar surface area (TPSA) is 38.3 Å². The molecule has 0 aliphatic rings. The van der Waals surface area contributed by atoms with E-state index in [-0.39, 0.29) is 11.6 Å². The zero-order chi connectivity index (χ0) is 11.3. The van der Waals surface area contributed by atoms with Crippen LogP contribution in [0.3, 0.4) is 0 Å². The van der Waals surface area contributed by atoms with Gasteiger partial charge in [-0.05, 0) is 18.6 Å². The quantitative estimate of drug-likeness (QED) is 0.831. The normalized spacial score (nSPS) is 9.80. The molecule has 0 heterocycles. The number of carbonyl (C=O) groups is 1. The van der Waals surface area contributed by atoms with E-state index in [1.165, 1.54) is 25.3 Å². The Kier molecular flexibility index (Phi) is 4.09. The van der Waals surface area contributed by atoms with Crippen LogP contribution in [0.4, 0.5) is 10.1 Å². The maximum absolute atomic E-state index is 13.2. The molecule has 0 aliphatic carbocycles. The summed E-state index contributed by atoms with van der Waals surface area (Å²) in [4.78, 5) is 11.2. The Labute approximate surface area is 88.2 Å². The molecular formula is C11H14FNO2. The lowest BCUT2D eigenvalue weighted by atomic mass is 10.2. The lowest BCUT2D eigenvalue weighted by molar-refractivity contribution is -0.116. The Hall–Kier alpha value is -1.58. The van der Waals surface area contributed by atoms with Gasteiger partial charge < -0.3 is 10.1 Å². The van der Waals surface area contributed by atoms with Gasteiger partial charge in [-0.15, -0.1) is 0 Å². The van der Waals surface area contributed by atoms with Crippen molar-refractivity contribution < 1.29 is 13.9 Å². The zero-order valence-electron chi connectivity index (χ0n) is 8.84. The molecule has 4 heteroatoms. The van der Waals surface area contributed by atoms with E-state index >= 15 is 0 Å². The molecule has 82 valence electrons. The molecule has 15 heavy (non-hydrogen) atoms. The number of methoxy groups -OCH3 is 1. The van der Waals surface area contributed by atoms with Crippen LogP contribution in [-0.4, -0.2) is 13.0 Å². The molecule has 0 aromatic heterocycles. The first kappa shape index (κ1) is 11.5. The average Bonchev–Trinajstić information content (AvgIpc) is 2.21. The number of benzene rings is 1. The van der Waals surface area contributed by atoms with Gasteiger partial charge in [-0.1, -0.05) is 6.92 Å². The molecule has 0 radical (unpaired) electrons. The molecule has 3 nitrogen and oxygen atoms in total. The molecule has 0 saturated heterocycles. The fourth-order valence-electron chi connectivity index (χ4n) is 1.17. The number of hydrogen-bond acceptors (Lipinski definition) is 2. The highest BCUT2D eigenvalue weighted by Crippen LogP contribution is 2.21. The van der Waals surface area contributed by atoms with E-state index in [2.05, 4.69) is 5.32 Å². The van der Waals surface area contributed by atoms with Crippen LogP contribution in [0.25, 0.3) is 0 Å². The summed E-state index contributed by atoms with van der Waals surface area (Å²) in [6.07, 6.45) is 1.12. The highest BCUT2D eigenvalue weighted by Gasteiger charge is 2.07. The van der Waals surface area contributed by atoms with Crippen LogP contribution in [0.15, 0.2) is 18.2 Å². The van der Waals surface area contributed by atoms with Gasteiger partial charge in [0.05, 0.1) is 12.8 Å². The van der Waals surface area contributed by atoms with Crippen molar-refractivity contribution in [2.75, 3.05) is 12.4 Å². The Morgan fingerprint density at radius 1 is 1.53 bits per heavy atom. The third kappa shape index (κ3) is 3.23. The van der Waals surface area contributed by atoms with E-state index in [0.29, 0.717) is 12.2 Å². The van der Waals surface area contributed by atoms with Crippen LogP contribution in [0.5, 0.6) is 5.75 Å². The Balaban J connectivity index is 2.79. The average molecular weight is 211 g/mol. The van der Waals surface area contributed by atoms with Gasteiger partial charge >= 0.3 is 0 Å². The second-order valence-electron chi connectivity index (χ2n) is 3.14. The predicted molar refractivity (Wildman–Crippen MR) is 56.5 cm³/mol. The largest absolute Gasteiger partial charge is 0.497 e. The fraction of sp³-hybridized carbons (Fsp3) is 0.364. The standard InChI is InChI=1S/C11H14FNO2/c1-3-4-11(14)13-10-7-8(15-2)5-6-9(10)12/h5-7H,3-4H2,1-2H3,(H,13,14). The summed E-state index contributed by atoms with van der Waals surface area (Å²) in [5, 5.41) is 2.49. The number of amides is 1. The minimum Gasteiger partial charge on any atom is -0.497 e. The molecule has 0 unspecified atom stereocenters. The molecule has 0 spiro atoms. The van der Waals surface area contributed by atoms with Gasteiger partial charge in [0.2, 0.25) is 5.91 Å². The SMILES string of the molecule is CCCC(=O)Nc1cc(OC)ccc1F. The smallest absolute Gasteiger partial charge is 0.224 e. The fourth-order valence-corrected chi connectivity index (χ4v) is 1.17. The van der Waals surface area contributed by atoms with Crippen molar-refractivity contribution in [1.29, 1.82) is 0 Å². The van der Waals surface area contributed by atoms with Crippen LogP contribution >= 0.6 is 0 Å². The molecule has 1 aromatic carbocycles. The maximum atomic E-state index is 13.2. The molecule has 0 bridgehead atoms. The summed E-state index contributed by atoms with van der Waals surface area (Å²) >= 11 is 0. The molecule has 0 aliphatic heterocycles. The minimum absolute atomic E-state index is 0.160. The van der Waals surface area contributed by atoms with E-state index in [0.717, 1.165) is 6.42 Å². The number of ether oxygens (including phenoxy) is 1. The first-order chi connectivity index (χ1) is 7.17. The van der Waals surface area contributed by atoms with E-state index < -0.39 is 5.82 Å². The lowest BCUT2D eigenvalue weighted by Crippen LogP contribution is -2.11. The third-order valence-corrected chi connectivity index (χ3v) is 1.92. The van der Waals surface area contributed by atoms with E-state index in [1.54, 1.807) is 0 Å². The van der Waals surface area contributed by atoms with Crippen LogP contribution in [0.1, 0.15) is 19.8 Å². The number of rotatable bonds is 4. The molecule has 0 atom stereocenters. The van der Waals surface area contributed by atoms with Gasteiger partial charge in [-0.3, -0.25) is 4.79 Å². The van der Waals surface area contributed by atoms with Crippen molar-refractivity contribution in [3.05, 3.63) is 24.0 Å². The summed E-state index contributed by atoms with van der Waals surface area (Å²) in [6.45, 7) is 1.89. The number of halogens is 1. The first-order valence-corrected chi connectivity index (χ1v) is 4.80. The second-order valence-corrected chi connectivity index (χ2v) is 3.14. The van der Waals surface area contributed by atoms with Gasteiger partial charge in [0.15, 0.2) is 0 Å². The minimum atomic E-state index is -0.458. The highest BCUT2D eigenvalue weighted by molar-refractivity contribution is 5.90. The number of hydrogen-bond donors (Lipinski definition) is 1. The summed E-state index contributed by atoms with van der Waals surface area (Å²) in [7, 11) is 1.49. The second kappa shape index (κ2) is 5.34. The van der Waals surface area contributed by atoms with Gasteiger partial charge in [0, 0.05) is 12.5 Å². The van der Waals surface area contributed by atoms with Crippen molar-refractivity contribution in [1.82, 2.24) is 0 Å². The van der Waals surface area contributed by atoms with E-state index in [9.17, 15) is 9.18 Å². The molecule has 1 N–H and O–H groups in total. The predicted octanol–water partition coefficient (Wildman–Crippen LogP) is 2.57. The Bertz CT molecular complexity index is 352. The summed E-state index contributed by atoms with van der Waals surface area (Å²) in [5.41, 5.74) is 0.160. The van der Waals surface area contributed by atoms with E-state index in [1.807, 2.05) is 6.92 Å². The van der Waals surface area contributed by atoms with Crippen molar-refractivity contribution in [3.8, 4) is 5.75 Å².